The maximum Gasteiger partial charge on any atom is 0.268 e. The molecule has 1 amide bonds. The number of hydrogen-bond donors (Lipinski definition) is 3. The fraction of sp³-hybridized carbons (Fsp3) is 0.471. The highest BCUT2D eigenvalue weighted by Crippen LogP contribution is 2.44. The minimum atomic E-state index is -4.43. The lowest BCUT2D eigenvalue weighted by atomic mass is 9.72. The number of rotatable bonds is 15. The van der Waals surface area contributed by atoms with E-state index >= 15 is 0 Å². The summed E-state index contributed by atoms with van der Waals surface area (Å²) < 4.78 is 48.5. The Balaban J connectivity index is 0.833. The van der Waals surface area contributed by atoms with Crippen LogP contribution in [0.3, 0.4) is 0 Å². The van der Waals surface area contributed by atoms with Gasteiger partial charge in [0.05, 0.1) is 42.2 Å². The van der Waals surface area contributed by atoms with Crippen molar-refractivity contribution in [3.8, 4) is 17.4 Å². The van der Waals surface area contributed by atoms with Gasteiger partial charge in [0.25, 0.3) is 15.9 Å². The number of benzene rings is 2. The number of H-pyrrole nitrogens is 1. The Hall–Kier alpha value is -4.70. The summed E-state index contributed by atoms with van der Waals surface area (Å²) in [7, 11) is -4.43. The van der Waals surface area contributed by atoms with Crippen LogP contribution in [0.25, 0.3) is 16.6 Å². The van der Waals surface area contributed by atoms with Crippen molar-refractivity contribution in [2.24, 2.45) is 11.3 Å². The van der Waals surface area contributed by atoms with Crippen molar-refractivity contribution in [1.29, 1.82) is 0 Å². The third-order valence-electron chi connectivity index (χ3n) is 14.4. The molecule has 5 aliphatic rings. The molecule has 0 bridgehead atoms. The molecule has 3 aromatic heterocycles. The average molecular weight is 969 g/mol. The Morgan fingerprint density at radius 3 is 2.46 bits per heavy atom. The van der Waals surface area contributed by atoms with Crippen molar-refractivity contribution in [3.05, 3.63) is 106 Å². The number of anilines is 1. The fourth-order valence-electron chi connectivity index (χ4n) is 10.4. The summed E-state index contributed by atoms with van der Waals surface area (Å²) in [4.78, 5) is 30.5. The second-order valence-electron chi connectivity index (χ2n) is 20.0. The van der Waals surface area contributed by atoms with E-state index in [9.17, 15) is 13.2 Å². The van der Waals surface area contributed by atoms with Crippen LogP contribution in [0.1, 0.15) is 94.0 Å². The summed E-state index contributed by atoms with van der Waals surface area (Å²) in [5, 5.41) is 5.49. The molecule has 4 fully saturated rings. The molecule has 13 nitrogen and oxygen atoms in total. The monoisotopic (exact) mass is 967 g/mol. The normalized spacial score (nSPS) is 22.1. The molecule has 2 unspecified atom stereocenters. The highest BCUT2D eigenvalue weighted by atomic mass is 35.5. The predicted octanol–water partition coefficient (Wildman–Crippen LogP) is 9.81. The maximum atomic E-state index is 14.1. The number of piperazine rings is 1. The zero-order chi connectivity index (χ0) is 46.3. The first-order valence-electron chi connectivity index (χ1n) is 23.7. The van der Waals surface area contributed by atoms with Gasteiger partial charge < -0.3 is 29.4 Å². The second kappa shape index (κ2) is 19.0. The van der Waals surface area contributed by atoms with Crippen LogP contribution in [0.4, 0.5) is 5.69 Å². The number of ether oxygens (including phenoxy) is 3. The van der Waals surface area contributed by atoms with Gasteiger partial charge in [-0.05, 0) is 110 Å². The second-order valence-corrected chi connectivity index (χ2v) is 22.5. The lowest BCUT2D eigenvalue weighted by Gasteiger charge is -2.46. The third-order valence-corrected chi connectivity index (χ3v) is 16.2. The molecule has 5 aromatic rings. The summed E-state index contributed by atoms with van der Waals surface area (Å²) in [5.41, 5.74) is 5.73. The quantitative estimate of drug-likeness (QED) is 0.0920. The van der Waals surface area contributed by atoms with E-state index in [1.165, 1.54) is 48.2 Å². The zero-order valence-corrected chi connectivity index (χ0v) is 40.5. The molecule has 2 aromatic carbocycles. The Morgan fingerprint density at radius 2 is 1.73 bits per heavy atom. The number of amides is 1. The summed E-state index contributed by atoms with van der Waals surface area (Å²) in [6.45, 7) is 9.86. The number of fused-ring (bicyclic) bond motifs is 1. The highest BCUT2D eigenvalue weighted by Gasteiger charge is 2.47. The number of aromatic nitrogens is 3. The van der Waals surface area contributed by atoms with Gasteiger partial charge in [0.15, 0.2) is 0 Å². The minimum Gasteiger partial charge on any atom is -0.475 e. The number of pyridine rings is 2. The molecule has 2 atom stereocenters. The summed E-state index contributed by atoms with van der Waals surface area (Å²) in [6.07, 6.45) is 15.7. The molecule has 354 valence electrons. The number of sulfonamides is 1. The van der Waals surface area contributed by atoms with Crippen LogP contribution in [0.15, 0.2) is 89.7 Å². The fourth-order valence-corrected chi connectivity index (χ4v) is 11.7. The van der Waals surface area contributed by atoms with E-state index in [1.807, 2.05) is 30.3 Å². The molecule has 5 heterocycles. The van der Waals surface area contributed by atoms with Crippen molar-refractivity contribution >= 4 is 61.4 Å². The first kappa shape index (κ1) is 46.1. The molecule has 67 heavy (non-hydrogen) atoms. The van der Waals surface area contributed by atoms with E-state index in [2.05, 4.69) is 60.8 Å². The van der Waals surface area contributed by atoms with Gasteiger partial charge in [0, 0.05) is 61.1 Å². The molecule has 3 N–H and O–H groups in total. The average Bonchev–Trinajstić information content (AvgIpc) is 4.02. The lowest BCUT2D eigenvalue weighted by molar-refractivity contribution is -0.113. The van der Waals surface area contributed by atoms with Gasteiger partial charge in [0.1, 0.15) is 33.7 Å². The van der Waals surface area contributed by atoms with Crippen molar-refractivity contribution < 1.29 is 27.4 Å². The van der Waals surface area contributed by atoms with Crippen LogP contribution >= 0.6 is 23.2 Å². The van der Waals surface area contributed by atoms with E-state index in [0.29, 0.717) is 36.6 Å². The van der Waals surface area contributed by atoms with E-state index in [4.69, 9.17) is 37.4 Å². The Kier molecular flexibility index (Phi) is 13.1. The molecule has 0 radical (unpaired) electrons. The van der Waals surface area contributed by atoms with Crippen LogP contribution in [0, 0.1) is 11.3 Å². The summed E-state index contributed by atoms with van der Waals surface area (Å²) in [5.74, 6) is 0.496. The van der Waals surface area contributed by atoms with Crippen LogP contribution < -0.4 is 24.4 Å². The van der Waals surface area contributed by atoms with Crippen molar-refractivity contribution in [1.82, 2.24) is 29.9 Å². The molecule has 2 aliphatic heterocycles. The summed E-state index contributed by atoms with van der Waals surface area (Å²) in [6, 6.07) is 18.7. The Labute approximate surface area is 403 Å². The molecular weight excluding hydrogens is 910 g/mol. The molecule has 2 saturated heterocycles. The number of hydrogen-bond acceptors (Lipinski definition) is 11. The number of nitrogens with zero attached hydrogens (tertiary/aromatic N) is 4. The largest absolute Gasteiger partial charge is 0.475 e. The first-order chi connectivity index (χ1) is 32.3. The van der Waals surface area contributed by atoms with Gasteiger partial charge in [-0.1, -0.05) is 74.0 Å². The molecule has 10 rings (SSSR count). The van der Waals surface area contributed by atoms with Gasteiger partial charge in [-0.25, -0.2) is 23.1 Å². The number of carbonyl (C=O) groups excluding carboxylic acids is 1. The van der Waals surface area contributed by atoms with Gasteiger partial charge in [-0.15, -0.1) is 0 Å². The third kappa shape index (κ3) is 10.5. The van der Waals surface area contributed by atoms with Crippen LogP contribution in [-0.2, 0) is 14.8 Å². The van der Waals surface area contributed by atoms with E-state index in [1.54, 1.807) is 24.5 Å². The predicted molar refractivity (Wildman–Crippen MR) is 262 cm³/mol. The smallest absolute Gasteiger partial charge is 0.268 e. The molecule has 3 aliphatic carbocycles. The van der Waals surface area contributed by atoms with E-state index in [0.717, 1.165) is 93.8 Å². The molecule has 0 spiro atoms. The maximum absolute atomic E-state index is 14.1. The standard InChI is InChI=1S/C51H59Cl2N7O6S/c1-50(2)18-14-36(42(27-50)33-8-10-37(52)11-9-33)30-59-20-22-60(23-21-59)38-12-13-41(45(25-38)66-39-24-35-15-19-54-47(35)55-28-39)48(61)58-67(62,63)40-26-43(53)49(56-29-40)65-32-51(16-4-3-5-17-51)57-44-31-64-46(44)34-6-7-34/h8-13,15,19,24-26,28-29,34,44,46,57H,3-7,14,16-18,20-23,27,30-32H2,1-2H3,(H,54,55)(H,58,61). The van der Waals surface area contributed by atoms with E-state index in [-0.39, 0.29) is 44.2 Å². The van der Waals surface area contributed by atoms with Gasteiger partial charge >= 0.3 is 0 Å². The van der Waals surface area contributed by atoms with Crippen LogP contribution in [0.5, 0.6) is 17.4 Å². The zero-order valence-electron chi connectivity index (χ0n) is 38.2. The van der Waals surface area contributed by atoms with Crippen molar-refractivity contribution in [2.75, 3.05) is 50.8 Å². The van der Waals surface area contributed by atoms with Crippen LogP contribution in [0.2, 0.25) is 10.0 Å². The summed E-state index contributed by atoms with van der Waals surface area (Å²) >= 11 is 12.9. The number of halogens is 2. The minimum absolute atomic E-state index is 0.0339. The Morgan fingerprint density at radius 1 is 0.940 bits per heavy atom. The van der Waals surface area contributed by atoms with Gasteiger partial charge in [-0.2, -0.15) is 0 Å². The first-order valence-corrected chi connectivity index (χ1v) is 26.0. The number of allylic oxidation sites excluding steroid dienone is 1. The van der Waals surface area contributed by atoms with Gasteiger partial charge in [-0.3, -0.25) is 9.69 Å². The number of nitrogens with one attached hydrogen (secondary N) is 3. The lowest BCUT2D eigenvalue weighted by Crippen LogP contribution is -2.64. The SMILES string of the molecule is CC1(C)CCC(CN2CCN(c3ccc(C(=O)NS(=O)(=O)c4cnc(OCC5(NC6COC6C6CC6)CCCCC5)c(Cl)c4)c(Oc4cnc5[nH]ccc5c4)c3)CC2)=C(c2ccc(Cl)cc2)C1. The molecular formula is C51H59Cl2N7O6S. The number of aromatic amines is 1. The van der Waals surface area contributed by atoms with Crippen molar-refractivity contribution in [2.45, 2.75) is 101 Å². The highest BCUT2D eigenvalue weighted by molar-refractivity contribution is 7.90. The van der Waals surface area contributed by atoms with E-state index < -0.39 is 15.9 Å². The van der Waals surface area contributed by atoms with Gasteiger partial charge in [0.2, 0.25) is 5.88 Å². The molecule has 16 heteroatoms. The van der Waals surface area contributed by atoms with Crippen LogP contribution in [-0.4, -0.2) is 97.8 Å². The number of carbonyl (C=O) groups is 1. The Bertz CT molecular complexity index is 2760. The topological polar surface area (TPSA) is 151 Å². The van der Waals surface area contributed by atoms with Crippen molar-refractivity contribution in [3.63, 3.8) is 0 Å². The molecule has 2 saturated carbocycles.